The van der Waals surface area contributed by atoms with Crippen molar-refractivity contribution < 1.29 is 0 Å². The first-order chi connectivity index (χ1) is 8.66. The summed E-state index contributed by atoms with van der Waals surface area (Å²) in [4.78, 5) is 0. The molecule has 1 heteroatoms. The van der Waals surface area contributed by atoms with Crippen LogP contribution in [-0.2, 0) is 6.42 Å². The molecule has 2 fully saturated rings. The average molecular weight is 243 g/mol. The number of aryl methyl sites for hydroxylation is 1. The van der Waals surface area contributed by atoms with Gasteiger partial charge >= 0.3 is 0 Å². The third-order valence-corrected chi connectivity index (χ3v) is 4.66. The van der Waals surface area contributed by atoms with Gasteiger partial charge in [0.1, 0.15) is 0 Å². The Morgan fingerprint density at radius 2 is 1.78 bits per heavy atom. The highest BCUT2D eigenvalue weighted by atomic mass is 15.0. The smallest absolute Gasteiger partial charge is 0.00684 e. The molecule has 98 valence electrons. The highest BCUT2D eigenvalue weighted by Crippen LogP contribution is 2.47. The topological polar surface area (TPSA) is 12.0 Å². The summed E-state index contributed by atoms with van der Waals surface area (Å²) < 4.78 is 0. The predicted octanol–water partition coefficient (Wildman–Crippen LogP) is 3.71. The van der Waals surface area contributed by atoms with E-state index in [-0.39, 0.29) is 0 Å². The molecule has 1 aromatic carbocycles. The van der Waals surface area contributed by atoms with Gasteiger partial charge in [-0.25, -0.2) is 0 Å². The SMILES string of the molecule is Cc1ccc(CC(C)(CNC2CC2)C2CC2)cc1. The molecule has 0 radical (unpaired) electrons. The summed E-state index contributed by atoms with van der Waals surface area (Å²) in [5.41, 5.74) is 3.34. The molecule has 0 bridgehead atoms. The first kappa shape index (κ1) is 12.2. The van der Waals surface area contributed by atoms with E-state index in [2.05, 4.69) is 43.4 Å². The molecule has 0 heterocycles. The molecule has 18 heavy (non-hydrogen) atoms. The highest BCUT2D eigenvalue weighted by Gasteiger charge is 2.41. The molecule has 0 amide bonds. The predicted molar refractivity (Wildman–Crippen MR) is 76.7 cm³/mol. The Kier molecular flexibility index (Phi) is 3.19. The average Bonchev–Trinajstić information content (AvgIpc) is 3.21. The Morgan fingerprint density at radius 3 is 2.33 bits per heavy atom. The second-order valence-electron chi connectivity index (χ2n) is 6.75. The zero-order valence-corrected chi connectivity index (χ0v) is 11.7. The van der Waals surface area contributed by atoms with E-state index < -0.39 is 0 Å². The van der Waals surface area contributed by atoms with Gasteiger partial charge in [0.2, 0.25) is 0 Å². The van der Waals surface area contributed by atoms with E-state index in [9.17, 15) is 0 Å². The van der Waals surface area contributed by atoms with Gasteiger partial charge in [-0.1, -0.05) is 36.8 Å². The fourth-order valence-electron chi connectivity index (χ4n) is 2.97. The van der Waals surface area contributed by atoms with Gasteiger partial charge in [-0.3, -0.25) is 0 Å². The van der Waals surface area contributed by atoms with Gasteiger partial charge < -0.3 is 5.32 Å². The van der Waals surface area contributed by atoms with Crippen molar-refractivity contribution in [1.82, 2.24) is 5.32 Å². The largest absolute Gasteiger partial charge is 0.313 e. The molecule has 0 aliphatic heterocycles. The molecule has 3 rings (SSSR count). The first-order valence-electron chi connectivity index (χ1n) is 7.45. The van der Waals surface area contributed by atoms with E-state index in [0.717, 1.165) is 12.0 Å². The quantitative estimate of drug-likeness (QED) is 0.803. The van der Waals surface area contributed by atoms with E-state index >= 15 is 0 Å². The van der Waals surface area contributed by atoms with Crippen LogP contribution in [0.25, 0.3) is 0 Å². The summed E-state index contributed by atoms with van der Waals surface area (Å²) in [7, 11) is 0. The van der Waals surface area contributed by atoms with Crippen LogP contribution in [0.15, 0.2) is 24.3 Å². The maximum atomic E-state index is 3.75. The second kappa shape index (κ2) is 4.70. The van der Waals surface area contributed by atoms with Crippen LogP contribution in [0.4, 0.5) is 0 Å². The van der Waals surface area contributed by atoms with Crippen molar-refractivity contribution in [1.29, 1.82) is 0 Å². The molecule has 1 N–H and O–H groups in total. The second-order valence-corrected chi connectivity index (χ2v) is 6.75. The van der Waals surface area contributed by atoms with Gasteiger partial charge in [-0.05, 0) is 55.9 Å². The van der Waals surface area contributed by atoms with Crippen LogP contribution in [0, 0.1) is 18.3 Å². The van der Waals surface area contributed by atoms with Crippen LogP contribution in [0.2, 0.25) is 0 Å². The van der Waals surface area contributed by atoms with Crippen LogP contribution < -0.4 is 5.32 Å². The van der Waals surface area contributed by atoms with Crippen LogP contribution in [0.3, 0.4) is 0 Å². The van der Waals surface area contributed by atoms with Crippen molar-refractivity contribution in [3.63, 3.8) is 0 Å². The highest BCUT2D eigenvalue weighted by molar-refractivity contribution is 5.23. The summed E-state index contributed by atoms with van der Waals surface area (Å²) in [6.07, 6.45) is 6.90. The fourth-order valence-corrected chi connectivity index (χ4v) is 2.97. The van der Waals surface area contributed by atoms with E-state index in [0.29, 0.717) is 5.41 Å². The van der Waals surface area contributed by atoms with Crippen LogP contribution in [0.1, 0.15) is 43.7 Å². The summed E-state index contributed by atoms with van der Waals surface area (Å²) in [5.74, 6) is 0.949. The molecule has 1 nitrogen and oxygen atoms in total. The molecule has 1 aromatic rings. The summed E-state index contributed by atoms with van der Waals surface area (Å²) >= 11 is 0. The number of hydrogen-bond donors (Lipinski definition) is 1. The van der Waals surface area contributed by atoms with Crippen molar-refractivity contribution >= 4 is 0 Å². The van der Waals surface area contributed by atoms with Gasteiger partial charge in [0.15, 0.2) is 0 Å². The fraction of sp³-hybridized carbons (Fsp3) is 0.647. The minimum atomic E-state index is 0.470. The normalized spacial score (nSPS) is 22.8. The van der Waals surface area contributed by atoms with E-state index in [1.807, 2.05) is 0 Å². The lowest BCUT2D eigenvalue weighted by atomic mass is 9.78. The molecule has 0 aromatic heterocycles. The zero-order chi connectivity index (χ0) is 12.6. The van der Waals surface area contributed by atoms with E-state index in [1.165, 1.54) is 49.8 Å². The molecular weight excluding hydrogens is 218 g/mol. The Morgan fingerprint density at radius 1 is 1.11 bits per heavy atom. The molecule has 0 saturated heterocycles. The molecule has 0 spiro atoms. The maximum absolute atomic E-state index is 3.75. The monoisotopic (exact) mass is 243 g/mol. The Hall–Kier alpha value is -0.820. The molecule has 2 aliphatic carbocycles. The first-order valence-corrected chi connectivity index (χ1v) is 7.45. The third-order valence-electron chi connectivity index (χ3n) is 4.66. The summed E-state index contributed by atoms with van der Waals surface area (Å²) in [6, 6.07) is 9.95. The summed E-state index contributed by atoms with van der Waals surface area (Å²) in [6.45, 7) is 5.86. The maximum Gasteiger partial charge on any atom is 0.00684 e. The molecule has 1 atom stereocenters. The minimum Gasteiger partial charge on any atom is -0.313 e. The number of rotatable bonds is 6. The molecule has 2 aliphatic rings. The van der Waals surface area contributed by atoms with Crippen LogP contribution in [-0.4, -0.2) is 12.6 Å². The summed E-state index contributed by atoms with van der Waals surface area (Å²) in [5, 5.41) is 3.75. The number of hydrogen-bond acceptors (Lipinski definition) is 1. The minimum absolute atomic E-state index is 0.470. The standard InChI is InChI=1S/C17H25N/c1-13-3-5-14(6-4-13)11-17(2,15-7-8-15)12-18-16-9-10-16/h3-6,15-16,18H,7-12H2,1-2H3. The molecular formula is C17H25N. The van der Waals surface area contributed by atoms with E-state index in [4.69, 9.17) is 0 Å². The number of benzene rings is 1. The lowest BCUT2D eigenvalue weighted by Gasteiger charge is -2.30. The lowest BCUT2D eigenvalue weighted by Crippen LogP contribution is -2.36. The Balaban J connectivity index is 1.66. The van der Waals surface area contributed by atoms with Crippen LogP contribution in [0.5, 0.6) is 0 Å². The van der Waals surface area contributed by atoms with Gasteiger partial charge in [0.25, 0.3) is 0 Å². The molecule has 1 unspecified atom stereocenters. The Bertz CT molecular complexity index is 400. The van der Waals surface area contributed by atoms with E-state index in [1.54, 1.807) is 0 Å². The molecule has 2 saturated carbocycles. The van der Waals surface area contributed by atoms with Gasteiger partial charge in [0.05, 0.1) is 0 Å². The van der Waals surface area contributed by atoms with Crippen molar-refractivity contribution in [2.75, 3.05) is 6.54 Å². The number of nitrogens with one attached hydrogen (secondary N) is 1. The van der Waals surface area contributed by atoms with Gasteiger partial charge in [-0.2, -0.15) is 0 Å². The van der Waals surface area contributed by atoms with Crippen LogP contribution >= 0.6 is 0 Å². The lowest BCUT2D eigenvalue weighted by molar-refractivity contribution is 0.255. The van der Waals surface area contributed by atoms with Crippen molar-refractivity contribution in [3.8, 4) is 0 Å². The van der Waals surface area contributed by atoms with Gasteiger partial charge in [-0.15, -0.1) is 0 Å². The van der Waals surface area contributed by atoms with Gasteiger partial charge in [0, 0.05) is 12.6 Å². The Labute approximate surface area is 111 Å². The zero-order valence-electron chi connectivity index (χ0n) is 11.7. The van der Waals surface area contributed by atoms with Crippen molar-refractivity contribution in [3.05, 3.63) is 35.4 Å². The van der Waals surface area contributed by atoms with Crippen molar-refractivity contribution in [2.24, 2.45) is 11.3 Å². The third kappa shape index (κ3) is 2.95. The van der Waals surface area contributed by atoms with Crippen molar-refractivity contribution in [2.45, 2.75) is 52.0 Å².